The highest BCUT2D eigenvalue weighted by atomic mass is 35.5. The van der Waals surface area contributed by atoms with Crippen LogP contribution in [0.5, 0.6) is 0 Å². The molecule has 112 valence electrons. The molecule has 0 aliphatic carbocycles. The zero-order chi connectivity index (χ0) is 15.4. The predicted octanol–water partition coefficient (Wildman–Crippen LogP) is 2.98. The first-order valence-electron chi connectivity index (χ1n) is 5.89. The maximum Gasteiger partial charge on any atom is 0.407 e. The molecule has 0 aliphatic rings. The molecule has 0 aliphatic heterocycles. The largest absolute Gasteiger partial charge is 0.465 e. The second-order valence-electron chi connectivity index (χ2n) is 4.08. The maximum absolute atomic E-state index is 11.1. The van der Waals surface area contributed by atoms with Gasteiger partial charge in [-0.05, 0) is 12.1 Å². The van der Waals surface area contributed by atoms with E-state index in [2.05, 4.69) is 8.75 Å². The molecule has 21 heavy (non-hydrogen) atoms. The van der Waals surface area contributed by atoms with Gasteiger partial charge in [0.05, 0.1) is 34.9 Å². The fourth-order valence-electron chi connectivity index (χ4n) is 1.77. The SMILES string of the molecule is O=C(O)N(CCO)Cc1nsnc1-c1c(Cl)cccc1Cl. The van der Waals surface area contributed by atoms with Crippen LogP contribution in [0.4, 0.5) is 4.79 Å². The van der Waals surface area contributed by atoms with Gasteiger partial charge in [0, 0.05) is 12.1 Å². The van der Waals surface area contributed by atoms with Crippen molar-refractivity contribution in [2.75, 3.05) is 13.2 Å². The van der Waals surface area contributed by atoms with Gasteiger partial charge in [-0.1, -0.05) is 29.3 Å². The molecule has 1 aromatic heterocycles. The molecule has 0 saturated heterocycles. The van der Waals surface area contributed by atoms with E-state index in [4.69, 9.17) is 33.4 Å². The lowest BCUT2D eigenvalue weighted by atomic mass is 10.1. The minimum atomic E-state index is -1.15. The molecule has 0 spiro atoms. The third-order valence-electron chi connectivity index (χ3n) is 2.74. The van der Waals surface area contributed by atoms with Gasteiger partial charge in [0.25, 0.3) is 0 Å². The van der Waals surface area contributed by atoms with E-state index in [-0.39, 0.29) is 19.7 Å². The molecule has 2 aromatic rings. The van der Waals surface area contributed by atoms with Crippen LogP contribution in [0.15, 0.2) is 18.2 Å². The molecular formula is C12H11Cl2N3O3S. The van der Waals surface area contributed by atoms with Crippen LogP contribution in [0, 0.1) is 0 Å². The molecule has 0 atom stereocenters. The van der Waals surface area contributed by atoms with Crippen LogP contribution in [0.25, 0.3) is 11.3 Å². The quantitative estimate of drug-likeness (QED) is 0.868. The number of aliphatic hydroxyl groups is 1. The summed E-state index contributed by atoms with van der Waals surface area (Å²) in [5, 5.41) is 18.8. The second kappa shape index (κ2) is 7.04. The van der Waals surface area contributed by atoms with Gasteiger partial charge < -0.3 is 15.1 Å². The van der Waals surface area contributed by atoms with Gasteiger partial charge in [-0.25, -0.2) is 4.79 Å². The Morgan fingerprint density at radius 3 is 2.52 bits per heavy atom. The van der Waals surface area contributed by atoms with E-state index in [0.29, 0.717) is 27.0 Å². The van der Waals surface area contributed by atoms with Crippen LogP contribution in [0.3, 0.4) is 0 Å². The van der Waals surface area contributed by atoms with Crippen molar-refractivity contribution in [2.24, 2.45) is 0 Å². The van der Waals surface area contributed by atoms with Crippen LogP contribution in [-0.2, 0) is 6.54 Å². The number of hydrogen-bond donors (Lipinski definition) is 2. The molecule has 0 fully saturated rings. The normalized spacial score (nSPS) is 10.6. The zero-order valence-electron chi connectivity index (χ0n) is 10.7. The first kappa shape index (κ1) is 16.0. The molecule has 1 amide bonds. The number of carboxylic acid groups (broad SMARTS) is 1. The molecule has 1 aromatic carbocycles. The summed E-state index contributed by atoms with van der Waals surface area (Å²) in [6, 6.07) is 5.06. The monoisotopic (exact) mass is 347 g/mol. The molecule has 2 N–H and O–H groups in total. The molecule has 2 rings (SSSR count). The van der Waals surface area contributed by atoms with Gasteiger partial charge in [0.15, 0.2) is 0 Å². The number of nitrogens with zero attached hydrogens (tertiary/aromatic N) is 3. The lowest BCUT2D eigenvalue weighted by Crippen LogP contribution is -2.31. The molecule has 0 radical (unpaired) electrons. The fourth-order valence-corrected chi connectivity index (χ4v) is 2.91. The number of amides is 1. The van der Waals surface area contributed by atoms with Crippen molar-refractivity contribution in [3.63, 3.8) is 0 Å². The summed E-state index contributed by atoms with van der Waals surface area (Å²) < 4.78 is 8.27. The van der Waals surface area contributed by atoms with Gasteiger partial charge in [-0.15, -0.1) is 0 Å². The maximum atomic E-state index is 11.1. The Balaban J connectivity index is 2.37. The average molecular weight is 348 g/mol. The Labute approximate surface area is 134 Å². The lowest BCUT2D eigenvalue weighted by molar-refractivity contribution is 0.128. The summed E-state index contributed by atoms with van der Waals surface area (Å²) in [5.41, 5.74) is 1.43. The van der Waals surface area contributed by atoms with Crippen molar-refractivity contribution in [3.8, 4) is 11.3 Å². The van der Waals surface area contributed by atoms with Crippen molar-refractivity contribution >= 4 is 41.0 Å². The van der Waals surface area contributed by atoms with Crippen molar-refractivity contribution in [1.29, 1.82) is 0 Å². The lowest BCUT2D eigenvalue weighted by Gasteiger charge is -2.17. The number of aliphatic hydroxyl groups excluding tert-OH is 1. The highest BCUT2D eigenvalue weighted by molar-refractivity contribution is 6.99. The number of halogens is 2. The molecule has 9 heteroatoms. The van der Waals surface area contributed by atoms with E-state index < -0.39 is 6.09 Å². The van der Waals surface area contributed by atoms with E-state index >= 15 is 0 Å². The van der Waals surface area contributed by atoms with Crippen LogP contribution in [-0.4, -0.2) is 43.1 Å². The molecule has 0 unspecified atom stereocenters. The Bertz CT molecular complexity index is 630. The number of rotatable bonds is 5. The number of aromatic nitrogens is 2. The Morgan fingerprint density at radius 1 is 1.29 bits per heavy atom. The third kappa shape index (κ3) is 3.62. The van der Waals surface area contributed by atoms with Crippen molar-refractivity contribution in [2.45, 2.75) is 6.54 Å². The predicted molar refractivity (Wildman–Crippen MR) is 80.9 cm³/mol. The van der Waals surface area contributed by atoms with Crippen LogP contribution in [0.1, 0.15) is 5.69 Å². The van der Waals surface area contributed by atoms with E-state index in [1.165, 1.54) is 0 Å². The number of benzene rings is 1. The van der Waals surface area contributed by atoms with Gasteiger partial charge in [0.1, 0.15) is 11.4 Å². The van der Waals surface area contributed by atoms with Crippen molar-refractivity contribution < 1.29 is 15.0 Å². The minimum absolute atomic E-state index is 0.00325. The standard InChI is InChI=1S/C12H11Cl2N3O3S/c13-7-2-1-3-8(14)10(7)11-9(15-21-16-11)6-17(4-5-18)12(19)20/h1-3,18H,4-6H2,(H,19,20). The average Bonchev–Trinajstić information content (AvgIpc) is 2.86. The summed E-state index contributed by atoms with van der Waals surface area (Å²) >= 11 is 13.2. The highest BCUT2D eigenvalue weighted by Crippen LogP contribution is 2.35. The first-order chi connectivity index (χ1) is 10.0. The van der Waals surface area contributed by atoms with Gasteiger partial charge in [0.2, 0.25) is 0 Å². The van der Waals surface area contributed by atoms with E-state index in [9.17, 15) is 4.79 Å². The first-order valence-corrected chi connectivity index (χ1v) is 7.37. The molecule has 0 bridgehead atoms. The summed E-state index contributed by atoms with van der Waals surface area (Å²) in [6.07, 6.45) is -1.15. The van der Waals surface area contributed by atoms with Gasteiger partial charge >= 0.3 is 6.09 Å². The van der Waals surface area contributed by atoms with Crippen LogP contribution >= 0.6 is 34.9 Å². The van der Waals surface area contributed by atoms with Gasteiger partial charge in [-0.2, -0.15) is 8.75 Å². The van der Waals surface area contributed by atoms with E-state index in [1.54, 1.807) is 18.2 Å². The Morgan fingerprint density at radius 2 is 1.95 bits per heavy atom. The summed E-state index contributed by atoms with van der Waals surface area (Å²) in [4.78, 5) is 12.2. The molecule has 6 nitrogen and oxygen atoms in total. The topological polar surface area (TPSA) is 86.5 Å². The second-order valence-corrected chi connectivity index (χ2v) is 5.43. The Kier molecular flexibility index (Phi) is 5.35. The minimum Gasteiger partial charge on any atom is -0.465 e. The zero-order valence-corrected chi connectivity index (χ0v) is 13.0. The highest BCUT2D eigenvalue weighted by Gasteiger charge is 2.20. The van der Waals surface area contributed by atoms with Crippen molar-refractivity contribution in [1.82, 2.24) is 13.6 Å². The van der Waals surface area contributed by atoms with Crippen LogP contribution < -0.4 is 0 Å². The number of hydrogen-bond acceptors (Lipinski definition) is 5. The molecule has 1 heterocycles. The summed E-state index contributed by atoms with van der Waals surface area (Å²) in [5.74, 6) is 0. The van der Waals surface area contributed by atoms with Crippen molar-refractivity contribution in [3.05, 3.63) is 33.9 Å². The Hall–Kier alpha value is -1.41. The fraction of sp³-hybridized carbons (Fsp3) is 0.250. The smallest absolute Gasteiger partial charge is 0.407 e. The van der Waals surface area contributed by atoms with E-state index in [1.807, 2.05) is 0 Å². The van der Waals surface area contributed by atoms with Crippen LogP contribution in [0.2, 0.25) is 10.0 Å². The third-order valence-corrected chi connectivity index (χ3v) is 3.93. The van der Waals surface area contributed by atoms with E-state index in [0.717, 1.165) is 16.6 Å². The number of carbonyl (C=O) groups is 1. The van der Waals surface area contributed by atoms with Gasteiger partial charge in [-0.3, -0.25) is 0 Å². The summed E-state index contributed by atoms with van der Waals surface area (Å²) in [7, 11) is 0. The summed E-state index contributed by atoms with van der Waals surface area (Å²) in [6.45, 7) is -0.280. The molecule has 0 saturated carbocycles. The molecular weight excluding hydrogens is 337 g/mol.